The molecule has 2 aromatic carbocycles. The molecule has 1 fully saturated rings. The normalized spacial score (nSPS) is 14.5. The molecule has 28 heavy (non-hydrogen) atoms. The fourth-order valence-corrected chi connectivity index (χ4v) is 5.62. The van der Waals surface area contributed by atoms with Crippen LogP contribution in [0.3, 0.4) is 0 Å². The average molecular weight is 419 g/mol. The van der Waals surface area contributed by atoms with Crippen molar-refractivity contribution in [3.05, 3.63) is 59.7 Å². The number of thioether (sulfide) groups is 2. The molecular weight excluding hydrogens is 392 g/mol. The zero-order valence-electron chi connectivity index (χ0n) is 16.0. The van der Waals surface area contributed by atoms with Crippen molar-refractivity contribution in [3.63, 3.8) is 0 Å². The summed E-state index contributed by atoms with van der Waals surface area (Å²) >= 11 is 3.95. The van der Waals surface area contributed by atoms with Crippen LogP contribution >= 0.6 is 23.5 Å². The Hall–Kier alpha value is -1.83. The molecule has 0 bridgehead atoms. The fourth-order valence-electron chi connectivity index (χ4n) is 2.75. The van der Waals surface area contributed by atoms with Crippen LogP contribution in [0.1, 0.15) is 22.1 Å². The Labute approximate surface area is 175 Å². The van der Waals surface area contributed by atoms with Crippen molar-refractivity contribution >= 4 is 35.2 Å². The Morgan fingerprint density at radius 2 is 1.89 bits per heavy atom. The lowest BCUT2D eigenvalue weighted by atomic mass is 10.2. The zero-order chi connectivity index (χ0) is 19.6. The molecular formula is C21H26N2O3S2. The summed E-state index contributed by atoms with van der Waals surface area (Å²) in [5, 5.41) is 5.83. The van der Waals surface area contributed by atoms with E-state index in [4.69, 9.17) is 9.47 Å². The van der Waals surface area contributed by atoms with Crippen molar-refractivity contribution in [2.45, 2.75) is 17.5 Å². The Balaban J connectivity index is 1.46. The van der Waals surface area contributed by atoms with Crippen molar-refractivity contribution in [1.82, 2.24) is 5.32 Å². The van der Waals surface area contributed by atoms with Gasteiger partial charge in [0.15, 0.2) is 0 Å². The third-order valence-electron chi connectivity index (χ3n) is 4.18. The zero-order valence-corrected chi connectivity index (χ0v) is 17.6. The van der Waals surface area contributed by atoms with Crippen LogP contribution in [0, 0.1) is 0 Å². The van der Waals surface area contributed by atoms with Crippen LogP contribution in [-0.4, -0.2) is 37.9 Å². The second-order valence-corrected chi connectivity index (χ2v) is 9.07. The standard InChI is InChI=1S/C21H26N2O3S2/c1-25-10-11-26-19-8-6-16(7-9-19)15-22-21(24)23-18-5-2-4-17(14-18)20-27-12-3-13-28-20/h2,4-9,14,20H,3,10-13,15H2,1H3,(H2,22,23,24). The highest BCUT2D eigenvalue weighted by molar-refractivity contribution is 8.16. The molecule has 7 heteroatoms. The summed E-state index contributed by atoms with van der Waals surface area (Å²) in [5.41, 5.74) is 3.10. The summed E-state index contributed by atoms with van der Waals surface area (Å²) < 4.78 is 11.0. The first-order valence-corrected chi connectivity index (χ1v) is 11.4. The van der Waals surface area contributed by atoms with Crippen molar-refractivity contribution in [2.75, 3.05) is 37.1 Å². The van der Waals surface area contributed by atoms with Gasteiger partial charge in [0.1, 0.15) is 12.4 Å². The van der Waals surface area contributed by atoms with E-state index in [0.29, 0.717) is 24.3 Å². The summed E-state index contributed by atoms with van der Waals surface area (Å²) in [6.45, 7) is 1.54. The first kappa shape index (κ1) is 20.9. The monoisotopic (exact) mass is 418 g/mol. The predicted octanol–water partition coefficient (Wildman–Crippen LogP) is 4.90. The lowest BCUT2D eigenvalue weighted by Gasteiger charge is -2.21. The van der Waals surface area contributed by atoms with E-state index in [1.54, 1.807) is 7.11 Å². The Kier molecular flexibility index (Phi) is 8.39. The molecule has 0 aliphatic carbocycles. The number of urea groups is 1. The van der Waals surface area contributed by atoms with Crippen molar-refractivity contribution < 1.29 is 14.3 Å². The van der Waals surface area contributed by atoms with E-state index in [1.165, 1.54) is 23.5 Å². The first-order chi connectivity index (χ1) is 13.7. The molecule has 1 aliphatic heterocycles. The summed E-state index contributed by atoms with van der Waals surface area (Å²) in [7, 11) is 1.65. The maximum absolute atomic E-state index is 12.2. The van der Waals surface area contributed by atoms with Gasteiger partial charge in [-0.05, 0) is 53.3 Å². The molecule has 0 saturated carbocycles. The summed E-state index contributed by atoms with van der Waals surface area (Å²) in [6.07, 6.45) is 1.27. The number of hydrogen-bond acceptors (Lipinski definition) is 5. The molecule has 0 aromatic heterocycles. The highest BCUT2D eigenvalue weighted by atomic mass is 32.2. The lowest BCUT2D eigenvalue weighted by Crippen LogP contribution is -2.28. The van der Waals surface area contributed by atoms with Crippen molar-refractivity contribution in [3.8, 4) is 5.75 Å². The Bertz CT molecular complexity index is 750. The number of amides is 2. The maximum Gasteiger partial charge on any atom is 0.319 e. The Morgan fingerprint density at radius 1 is 1.11 bits per heavy atom. The van der Waals surface area contributed by atoms with Crippen molar-refractivity contribution in [1.29, 1.82) is 0 Å². The minimum atomic E-state index is -0.207. The maximum atomic E-state index is 12.2. The molecule has 0 radical (unpaired) electrons. The van der Waals surface area contributed by atoms with E-state index in [0.717, 1.165) is 17.0 Å². The van der Waals surface area contributed by atoms with Crippen molar-refractivity contribution in [2.24, 2.45) is 0 Å². The number of carbonyl (C=O) groups is 1. The molecule has 150 valence electrons. The van der Waals surface area contributed by atoms with Gasteiger partial charge in [-0.2, -0.15) is 0 Å². The van der Waals surface area contributed by atoms with Crippen LogP contribution < -0.4 is 15.4 Å². The van der Waals surface area contributed by atoms with Gasteiger partial charge < -0.3 is 20.1 Å². The van der Waals surface area contributed by atoms with Gasteiger partial charge in [0, 0.05) is 19.3 Å². The van der Waals surface area contributed by atoms with E-state index in [-0.39, 0.29) is 6.03 Å². The number of hydrogen-bond donors (Lipinski definition) is 2. The number of benzene rings is 2. The van der Waals surface area contributed by atoms with Crippen LogP contribution in [0.2, 0.25) is 0 Å². The van der Waals surface area contributed by atoms with Crippen LogP contribution in [0.4, 0.5) is 10.5 Å². The van der Waals surface area contributed by atoms with Gasteiger partial charge in [0.2, 0.25) is 0 Å². The van der Waals surface area contributed by atoms with Crippen LogP contribution in [0.5, 0.6) is 5.75 Å². The molecule has 2 amide bonds. The van der Waals surface area contributed by atoms with Gasteiger partial charge >= 0.3 is 6.03 Å². The van der Waals surface area contributed by atoms with Gasteiger partial charge in [0.05, 0.1) is 11.2 Å². The molecule has 0 unspecified atom stereocenters. The second-order valence-electron chi connectivity index (χ2n) is 6.35. The van der Waals surface area contributed by atoms with E-state index in [1.807, 2.05) is 59.9 Å². The van der Waals surface area contributed by atoms with Crippen LogP contribution in [0.15, 0.2) is 48.5 Å². The fraction of sp³-hybridized carbons (Fsp3) is 0.381. The van der Waals surface area contributed by atoms with Gasteiger partial charge in [-0.15, -0.1) is 23.5 Å². The van der Waals surface area contributed by atoms with E-state index < -0.39 is 0 Å². The number of methoxy groups -OCH3 is 1. The number of nitrogens with one attached hydrogen (secondary N) is 2. The summed E-state index contributed by atoms with van der Waals surface area (Å²) in [5.74, 6) is 3.19. The summed E-state index contributed by atoms with van der Waals surface area (Å²) in [6, 6.07) is 15.6. The molecule has 0 spiro atoms. The molecule has 2 aromatic rings. The van der Waals surface area contributed by atoms with Gasteiger partial charge in [-0.25, -0.2) is 4.79 Å². The minimum absolute atomic E-state index is 0.207. The van der Waals surface area contributed by atoms with Crippen LogP contribution in [-0.2, 0) is 11.3 Å². The van der Waals surface area contributed by atoms with E-state index in [9.17, 15) is 4.79 Å². The minimum Gasteiger partial charge on any atom is -0.491 e. The highest BCUT2D eigenvalue weighted by Gasteiger charge is 2.17. The molecule has 1 heterocycles. The third-order valence-corrected chi connectivity index (χ3v) is 7.19. The topological polar surface area (TPSA) is 59.6 Å². The van der Waals surface area contributed by atoms with Gasteiger partial charge in [0.25, 0.3) is 0 Å². The predicted molar refractivity (Wildman–Crippen MR) is 118 cm³/mol. The smallest absolute Gasteiger partial charge is 0.319 e. The molecule has 3 rings (SSSR count). The van der Waals surface area contributed by atoms with E-state index in [2.05, 4.69) is 22.8 Å². The number of anilines is 1. The molecule has 0 atom stereocenters. The van der Waals surface area contributed by atoms with Gasteiger partial charge in [-0.3, -0.25) is 0 Å². The van der Waals surface area contributed by atoms with E-state index >= 15 is 0 Å². The number of rotatable bonds is 8. The third kappa shape index (κ3) is 6.65. The lowest BCUT2D eigenvalue weighted by molar-refractivity contribution is 0.146. The second kappa shape index (κ2) is 11.2. The first-order valence-electron chi connectivity index (χ1n) is 9.33. The summed E-state index contributed by atoms with van der Waals surface area (Å²) in [4.78, 5) is 12.2. The average Bonchev–Trinajstić information content (AvgIpc) is 2.74. The molecule has 2 N–H and O–H groups in total. The quantitative estimate of drug-likeness (QED) is 0.597. The highest BCUT2D eigenvalue weighted by Crippen LogP contribution is 2.44. The molecule has 1 aliphatic rings. The SMILES string of the molecule is COCCOc1ccc(CNC(=O)Nc2cccc(C3SCCCS3)c2)cc1. The van der Waals surface area contributed by atoms with Gasteiger partial charge in [-0.1, -0.05) is 24.3 Å². The van der Waals surface area contributed by atoms with Crippen LogP contribution in [0.25, 0.3) is 0 Å². The Morgan fingerprint density at radius 3 is 2.64 bits per heavy atom. The molecule has 5 nitrogen and oxygen atoms in total. The largest absolute Gasteiger partial charge is 0.491 e. The number of carbonyl (C=O) groups excluding carboxylic acids is 1. The number of ether oxygens (including phenoxy) is 2. The molecule has 1 saturated heterocycles.